The molecule has 0 N–H and O–H groups in total. The van der Waals surface area contributed by atoms with Gasteiger partial charge in [-0.2, -0.15) is 0 Å². The smallest absolute Gasteiger partial charge is 0.252 e. The molecule has 0 bridgehead atoms. The first-order valence-corrected chi connectivity index (χ1v) is 11.2. The maximum atomic E-state index is 15.1. The van der Waals surface area contributed by atoms with E-state index in [0.717, 1.165) is 5.56 Å². The predicted molar refractivity (Wildman–Crippen MR) is 135 cm³/mol. The van der Waals surface area contributed by atoms with Crippen molar-refractivity contribution in [2.75, 3.05) is 0 Å². The molecular formula is C26H21Cl2FN4O. The predicted octanol–water partition coefficient (Wildman–Crippen LogP) is 6.39. The number of aryl methyl sites for hydroxylation is 2. The van der Waals surface area contributed by atoms with E-state index in [9.17, 15) is 4.79 Å². The Morgan fingerprint density at radius 2 is 1.71 bits per heavy atom. The number of benzene rings is 2. The van der Waals surface area contributed by atoms with Crippen LogP contribution < -0.4 is 5.56 Å². The van der Waals surface area contributed by atoms with Crippen LogP contribution >= 0.6 is 23.2 Å². The molecule has 5 rings (SSSR count). The first-order chi connectivity index (χ1) is 16.3. The maximum Gasteiger partial charge on any atom is 0.252 e. The Bertz CT molecular complexity index is 1480. The summed E-state index contributed by atoms with van der Waals surface area (Å²) in [6, 6.07) is 17.1. The largest absolute Gasteiger partial charge is 0.341 e. The van der Waals surface area contributed by atoms with Gasteiger partial charge in [-0.15, -0.1) is 0 Å². The number of imidazole rings is 1. The normalized spacial score (nSPS) is 11.7. The van der Waals surface area contributed by atoms with E-state index in [4.69, 9.17) is 23.2 Å². The first-order valence-electron chi connectivity index (χ1n) is 10.4. The summed E-state index contributed by atoms with van der Waals surface area (Å²) in [5, 5.41) is 1.78. The summed E-state index contributed by atoms with van der Waals surface area (Å²) in [4.78, 5) is 20.6. The van der Waals surface area contributed by atoms with Gasteiger partial charge in [0.15, 0.2) is 6.17 Å². The van der Waals surface area contributed by atoms with Gasteiger partial charge in [0.1, 0.15) is 5.65 Å². The molecule has 0 aliphatic heterocycles. The van der Waals surface area contributed by atoms with E-state index in [1.54, 1.807) is 62.0 Å². The molecule has 1 unspecified atom stereocenters. The van der Waals surface area contributed by atoms with Crippen molar-refractivity contribution in [1.29, 1.82) is 0 Å². The van der Waals surface area contributed by atoms with E-state index in [-0.39, 0.29) is 5.56 Å². The molecule has 5 nitrogen and oxygen atoms in total. The van der Waals surface area contributed by atoms with Crippen LogP contribution in [0.3, 0.4) is 0 Å². The van der Waals surface area contributed by atoms with Crippen molar-refractivity contribution in [3.05, 3.63) is 117 Å². The van der Waals surface area contributed by atoms with Crippen molar-refractivity contribution in [2.45, 2.75) is 6.17 Å². The molecule has 0 radical (unpaired) electrons. The average Bonchev–Trinajstić information content (AvgIpc) is 3.32. The first kappa shape index (κ1) is 23.7. The van der Waals surface area contributed by atoms with Crippen LogP contribution in [0.4, 0.5) is 4.39 Å². The Labute approximate surface area is 206 Å². The third-order valence-corrected chi connectivity index (χ3v) is 5.81. The summed E-state index contributed by atoms with van der Waals surface area (Å²) < 4.78 is 18.5. The van der Waals surface area contributed by atoms with Crippen LogP contribution in [0.25, 0.3) is 22.2 Å². The second-order valence-corrected chi connectivity index (χ2v) is 8.62. The molecule has 0 spiro atoms. The van der Waals surface area contributed by atoms with Gasteiger partial charge in [0.2, 0.25) is 0 Å². The average molecular weight is 495 g/mol. The third-order valence-electron chi connectivity index (χ3n) is 5.32. The number of fused-ring (bicyclic) bond motifs is 1. The summed E-state index contributed by atoms with van der Waals surface area (Å²) in [5.41, 5.74) is 2.61. The lowest BCUT2D eigenvalue weighted by Gasteiger charge is -2.14. The fraction of sp³-hybridized carbons (Fsp3) is 0.115. The second-order valence-electron chi connectivity index (χ2n) is 7.75. The molecule has 5 aromatic rings. The molecule has 1 atom stereocenters. The molecule has 0 amide bonds. The Balaban J connectivity index is 0.000000398. The van der Waals surface area contributed by atoms with Crippen molar-refractivity contribution in [3.8, 4) is 11.1 Å². The summed E-state index contributed by atoms with van der Waals surface area (Å²) in [6.07, 6.45) is 5.49. The highest BCUT2D eigenvalue weighted by Crippen LogP contribution is 2.32. The van der Waals surface area contributed by atoms with Crippen LogP contribution in [0.5, 0.6) is 0 Å². The zero-order valence-corrected chi connectivity index (χ0v) is 20.0. The number of alkyl halides is 1. The summed E-state index contributed by atoms with van der Waals surface area (Å²) in [6.45, 7) is 0. The third kappa shape index (κ3) is 5.19. The van der Waals surface area contributed by atoms with Gasteiger partial charge in [0.05, 0.1) is 6.33 Å². The lowest BCUT2D eigenvalue weighted by molar-refractivity contribution is 0.401. The zero-order chi connectivity index (χ0) is 24.2. The minimum Gasteiger partial charge on any atom is -0.341 e. The van der Waals surface area contributed by atoms with Crippen molar-refractivity contribution in [2.24, 2.45) is 14.1 Å². The number of hydrogen-bond acceptors (Lipinski definition) is 3. The van der Waals surface area contributed by atoms with Crippen molar-refractivity contribution < 1.29 is 4.39 Å². The molecule has 0 aliphatic carbocycles. The lowest BCUT2D eigenvalue weighted by atomic mass is 9.99. The Morgan fingerprint density at radius 3 is 2.32 bits per heavy atom. The van der Waals surface area contributed by atoms with Gasteiger partial charge >= 0.3 is 0 Å². The van der Waals surface area contributed by atoms with Gasteiger partial charge in [-0.3, -0.25) is 9.36 Å². The molecule has 3 aromatic heterocycles. The van der Waals surface area contributed by atoms with Crippen LogP contribution in [-0.2, 0) is 14.1 Å². The van der Waals surface area contributed by atoms with E-state index in [1.165, 1.54) is 16.8 Å². The zero-order valence-electron chi connectivity index (χ0n) is 18.5. The molecule has 34 heavy (non-hydrogen) atoms. The summed E-state index contributed by atoms with van der Waals surface area (Å²) in [7, 11) is 3.58. The van der Waals surface area contributed by atoms with Crippen LogP contribution in [0, 0.1) is 0 Å². The van der Waals surface area contributed by atoms with Gasteiger partial charge in [-0.05, 0) is 47.0 Å². The van der Waals surface area contributed by atoms with E-state index in [1.807, 2.05) is 29.9 Å². The fourth-order valence-corrected chi connectivity index (χ4v) is 3.84. The Kier molecular flexibility index (Phi) is 7.10. The summed E-state index contributed by atoms with van der Waals surface area (Å²) in [5.74, 6) is 0. The molecule has 0 saturated heterocycles. The summed E-state index contributed by atoms with van der Waals surface area (Å²) >= 11 is 12.0. The van der Waals surface area contributed by atoms with Gasteiger partial charge in [0.25, 0.3) is 5.56 Å². The highest BCUT2D eigenvalue weighted by Gasteiger charge is 2.17. The van der Waals surface area contributed by atoms with Crippen LogP contribution in [0.1, 0.15) is 17.3 Å². The lowest BCUT2D eigenvalue weighted by Crippen LogP contribution is -2.17. The second kappa shape index (κ2) is 10.2. The molecule has 3 heterocycles. The van der Waals surface area contributed by atoms with Crippen molar-refractivity contribution in [1.82, 2.24) is 19.1 Å². The molecule has 2 aromatic carbocycles. The van der Waals surface area contributed by atoms with Gasteiger partial charge < -0.3 is 4.57 Å². The number of rotatable bonds is 3. The number of nitrogens with zero attached hydrogens (tertiary/aromatic N) is 4. The molecule has 0 aliphatic rings. The van der Waals surface area contributed by atoms with Gasteiger partial charge in [0, 0.05) is 59.7 Å². The number of pyridine rings is 2. The molecule has 0 fully saturated rings. The SMILES string of the molecule is Cn1c(=O)cc(-c2cccc(Cl)c2)c2cc(C(F)c3ccc(Cl)cc3)cnc21.Cn1ccnc1. The number of halogens is 3. The van der Waals surface area contributed by atoms with Crippen LogP contribution in [-0.4, -0.2) is 19.1 Å². The Morgan fingerprint density at radius 1 is 0.941 bits per heavy atom. The van der Waals surface area contributed by atoms with Crippen LogP contribution in [0.15, 0.2) is 90.4 Å². The van der Waals surface area contributed by atoms with E-state index in [0.29, 0.717) is 37.8 Å². The number of aromatic nitrogens is 4. The van der Waals surface area contributed by atoms with Crippen molar-refractivity contribution >= 4 is 34.2 Å². The fourth-order valence-electron chi connectivity index (χ4n) is 3.53. The van der Waals surface area contributed by atoms with E-state index < -0.39 is 6.17 Å². The molecular weight excluding hydrogens is 474 g/mol. The molecule has 0 saturated carbocycles. The quantitative estimate of drug-likeness (QED) is 0.292. The highest BCUT2D eigenvalue weighted by molar-refractivity contribution is 6.31. The molecule has 8 heteroatoms. The standard InChI is InChI=1S/C22H15Cl2FN2O.C4H6N2/c1-27-20(28)11-18(14-3-2-4-17(24)9-14)19-10-15(12-26-22(19)27)21(25)13-5-7-16(23)8-6-13;1-6-3-2-5-4-6/h2-12,21H,1H3;2-4H,1H3. The van der Waals surface area contributed by atoms with E-state index >= 15 is 4.39 Å². The maximum absolute atomic E-state index is 15.1. The number of hydrogen-bond donors (Lipinski definition) is 0. The minimum atomic E-state index is -1.36. The molecule has 172 valence electrons. The highest BCUT2D eigenvalue weighted by atomic mass is 35.5. The topological polar surface area (TPSA) is 52.7 Å². The van der Waals surface area contributed by atoms with Gasteiger partial charge in [-0.1, -0.05) is 47.5 Å². The van der Waals surface area contributed by atoms with Crippen LogP contribution in [0.2, 0.25) is 10.0 Å². The monoisotopic (exact) mass is 494 g/mol. The minimum absolute atomic E-state index is 0.197. The Hall–Kier alpha value is -3.48. The van der Waals surface area contributed by atoms with E-state index in [2.05, 4.69) is 9.97 Å². The van der Waals surface area contributed by atoms with Gasteiger partial charge in [-0.25, -0.2) is 14.4 Å². The van der Waals surface area contributed by atoms with Crippen molar-refractivity contribution in [3.63, 3.8) is 0 Å².